The molecule has 0 aromatic rings. The molecule has 0 unspecified atom stereocenters. The van der Waals surface area contributed by atoms with Gasteiger partial charge in [-0.15, -0.1) is 0 Å². The molecule has 2 heteroatoms. The van der Waals surface area contributed by atoms with Crippen LogP contribution in [0.4, 0.5) is 0 Å². The molecule has 0 saturated heterocycles. The number of fused-ring (bicyclic) bond motifs is 1. The molecule has 0 aliphatic heterocycles. The maximum absolute atomic E-state index is 6.61. The summed E-state index contributed by atoms with van der Waals surface area (Å²) in [6.45, 7) is 14.0. The lowest BCUT2D eigenvalue weighted by atomic mass is 9.72. The molecule has 0 aromatic carbocycles. The fourth-order valence-electron chi connectivity index (χ4n) is 2.77. The fraction of sp³-hybridized carbons (Fsp3) is 0.750. The maximum Gasteiger partial charge on any atom is 0.250 e. The van der Waals surface area contributed by atoms with E-state index in [0.717, 1.165) is 5.92 Å². The average molecular weight is 264 g/mol. The number of allylic oxidation sites excluding steroid dienone is 3. The van der Waals surface area contributed by atoms with Gasteiger partial charge in [0.05, 0.1) is 5.76 Å². The molecule has 0 radical (unpaired) electrons. The van der Waals surface area contributed by atoms with Crippen LogP contribution in [0.2, 0.25) is 18.1 Å². The Morgan fingerprint density at radius 2 is 2.00 bits per heavy atom. The van der Waals surface area contributed by atoms with E-state index >= 15 is 0 Å². The van der Waals surface area contributed by atoms with Crippen LogP contribution in [0.5, 0.6) is 0 Å². The van der Waals surface area contributed by atoms with E-state index in [9.17, 15) is 0 Å². The van der Waals surface area contributed by atoms with E-state index in [0.29, 0.717) is 0 Å². The van der Waals surface area contributed by atoms with Crippen molar-refractivity contribution < 1.29 is 4.43 Å². The summed E-state index contributed by atoms with van der Waals surface area (Å²) in [5.74, 6) is 2.03. The highest BCUT2D eigenvalue weighted by Crippen LogP contribution is 2.51. The first-order chi connectivity index (χ1) is 8.17. The molecular weight excluding hydrogens is 236 g/mol. The molecule has 0 saturated carbocycles. The van der Waals surface area contributed by atoms with Crippen LogP contribution >= 0.6 is 0 Å². The van der Waals surface area contributed by atoms with Crippen LogP contribution in [0.15, 0.2) is 24.0 Å². The highest BCUT2D eigenvalue weighted by atomic mass is 28.4. The van der Waals surface area contributed by atoms with Gasteiger partial charge in [0.15, 0.2) is 0 Å². The summed E-state index contributed by atoms with van der Waals surface area (Å²) >= 11 is 0. The van der Waals surface area contributed by atoms with Crippen molar-refractivity contribution >= 4 is 8.32 Å². The molecule has 0 bridgehead atoms. The number of hydrogen-bond acceptors (Lipinski definition) is 1. The highest BCUT2D eigenvalue weighted by molar-refractivity contribution is 6.74. The van der Waals surface area contributed by atoms with Gasteiger partial charge in [0.25, 0.3) is 0 Å². The van der Waals surface area contributed by atoms with E-state index in [1.165, 1.54) is 25.0 Å². The van der Waals surface area contributed by atoms with Crippen molar-refractivity contribution in [3.63, 3.8) is 0 Å². The minimum atomic E-state index is -1.70. The summed E-state index contributed by atoms with van der Waals surface area (Å²) in [6.07, 6.45) is 10.8. The molecule has 0 aromatic heterocycles. The Kier molecular flexibility index (Phi) is 3.29. The number of hydrogen-bond donors (Lipinski definition) is 0. The standard InChI is InChI=1S/C16H28OSi/c1-15(2,3)18(5,6)17-14-11-7-9-13-10-8-12-16(13,14)4/h8,11-13H,7,9-10H2,1-6H3/t13-,16+/m0/s1. The third-order valence-electron chi connectivity index (χ3n) is 5.28. The molecule has 2 atom stereocenters. The summed E-state index contributed by atoms with van der Waals surface area (Å²) in [4.78, 5) is 0. The van der Waals surface area contributed by atoms with Gasteiger partial charge >= 0.3 is 0 Å². The lowest BCUT2D eigenvalue weighted by Gasteiger charge is -2.44. The van der Waals surface area contributed by atoms with Crippen LogP contribution in [0.1, 0.15) is 47.0 Å². The Hall–Kier alpha value is -0.503. The van der Waals surface area contributed by atoms with Crippen molar-refractivity contribution in [3.8, 4) is 0 Å². The lowest BCUT2D eigenvalue weighted by molar-refractivity contribution is 0.195. The third-order valence-corrected chi connectivity index (χ3v) is 9.62. The molecule has 2 aliphatic rings. The third kappa shape index (κ3) is 2.20. The molecule has 0 spiro atoms. The van der Waals surface area contributed by atoms with Crippen molar-refractivity contribution in [1.29, 1.82) is 0 Å². The summed E-state index contributed by atoms with van der Waals surface area (Å²) in [5.41, 5.74) is 0.174. The molecule has 0 amide bonds. The Morgan fingerprint density at radius 3 is 2.61 bits per heavy atom. The van der Waals surface area contributed by atoms with Gasteiger partial charge in [0, 0.05) is 5.41 Å². The van der Waals surface area contributed by atoms with Crippen LogP contribution in [0.25, 0.3) is 0 Å². The minimum Gasteiger partial charge on any atom is -0.546 e. The zero-order valence-corrected chi connectivity index (χ0v) is 13.8. The van der Waals surface area contributed by atoms with Gasteiger partial charge in [0.2, 0.25) is 8.32 Å². The molecule has 0 N–H and O–H groups in total. The summed E-state index contributed by atoms with van der Waals surface area (Å²) in [7, 11) is -1.70. The lowest BCUT2D eigenvalue weighted by Crippen LogP contribution is -2.43. The Balaban J connectivity index is 2.24. The average Bonchev–Trinajstić information content (AvgIpc) is 2.59. The first kappa shape index (κ1) is 13.9. The predicted molar refractivity (Wildman–Crippen MR) is 81.0 cm³/mol. The second-order valence-corrected chi connectivity index (χ2v) is 12.4. The van der Waals surface area contributed by atoms with Crippen LogP contribution in [0, 0.1) is 11.3 Å². The SMILES string of the molecule is CC(C)(C)[Si](C)(C)OC1=CCC[C@H]2CC=C[C@@]12C. The van der Waals surface area contributed by atoms with E-state index in [4.69, 9.17) is 4.43 Å². The summed E-state index contributed by atoms with van der Waals surface area (Å²) in [6, 6.07) is 0. The molecule has 2 aliphatic carbocycles. The van der Waals surface area contributed by atoms with Crippen molar-refractivity contribution in [1.82, 2.24) is 0 Å². The minimum absolute atomic E-state index is 0.174. The van der Waals surface area contributed by atoms with Gasteiger partial charge in [0.1, 0.15) is 0 Å². The molecular formula is C16H28OSi. The van der Waals surface area contributed by atoms with Gasteiger partial charge < -0.3 is 4.43 Å². The largest absolute Gasteiger partial charge is 0.546 e. The zero-order chi connectivity index (χ0) is 13.6. The van der Waals surface area contributed by atoms with Crippen molar-refractivity contribution in [2.24, 2.45) is 11.3 Å². The predicted octanol–water partition coefficient (Wildman–Crippen LogP) is 5.27. The Bertz CT molecular complexity index is 386. The molecule has 18 heavy (non-hydrogen) atoms. The van der Waals surface area contributed by atoms with E-state index in [2.05, 4.69) is 59.0 Å². The number of rotatable bonds is 2. The molecule has 102 valence electrons. The monoisotopic (exact) mass is 264 g/mol. The first-order valence-corrected chi connectivity index (χ1v) is 10.1. The topological polar surface area (TPSA) is 9.23 Å². The molecule has 1 nitrogen and oxygen atoms in total. The van der Waals surface area contributed by atoms with Gasteiger partial charge in [-0.1, -0.05) is 32.9 Å². The Labute approximate surface area is 113 Å². The van der Waals surface area contributed by atoms with E-state index < -0.39 is 8.32 Å². The van der Waals surface area contributed by atoms with Gasteiger partial charge in [-0.2, -0.15) is 0 Å². The molecule has 2 rings (SSSR count). The summed E-state index contributed by atoms with van der Waals surface area (Å²) in [5, 5.41) is 0.277. The smallest absolute Gasteiger partial charge is 0.250 e. The van der Waals surface area contributed by atoms with Crippen molar-refractivity contribution in [2.75, 3.05) is 0 Å². The van der Waals surface area contributed by atoms with Gasteiger partial charge in [-0.3, -0.25) is 0 Å². The molecule has 0 fully saturated rings. The second-order valence-electron chi connectivity index (χ2n) is 7.63. The van der Waals surface area contributed by atoms with E-state index in [1.54, 1.807) is 0 Å². The molecule has 0 heterocycles. The quantitative estimate of drug-likeness (QED) is 0.488. The zero-order valence-electron chi connectivity index (χ0n) is 12.8. The van der Waals surface area contributed by atoms with Gasteiger partial charge in [-0.05, 0) is 56.3 Å². The van der Waals surface area contributed by atoms with E-state index in [1.807, 2.05) is 0 Å². The van der Waals surface area contributed by atoms with Crippen LogP contribution in [0.3, 0.4) is 0 Å². The Morgan fingerprint density at radius 1 is 1.33 bits per heavy atom. The van der Waals surface area contributed by atoms with Gasteiger partial charge in [-0.25, -0.2) is 0 Å². The van der Waals surface area contributed by atoms with Crippen molar-refractivity contribution in [3.05, 3.63) is 24.0 Å². The van der Waals surface area contributed by atoms with Crippen LogP contribution < -0.4 is 0 Å². The summed E-state index contributed by atoms with van der Waals surface area (Å²) < 4.78 is 6.61. The second kappa shape index (κ2) is 4.26. The maximum atomic E-state index is 6.61. The van der Waals surface area contributed by atoms with Crippen LogP contribution in [-0.2, 0) is 4.43 Å². The van der Waals surface area contributed by atoms with E-state index in [-0.39, 0.29) is 10.5 Å². The first-order valence-electron chi connectivity index (χ1n) is 7.24. The fourth-order valence-corrected chi connectivity index (χ4v) is 3.93. The highest BCUT2D eigenvalue weighted by Gasteiger charge is 2.46. The van der Waals surface area contributed by atoms with Crippen molar-refractivity contribution in [2.45, 2.75) is 65.1 Å². The van der Waals surface area contributed by atoms with Crippen LogP contribution in [-0.4, -0.2) is 8.32 Å². The normalized spacial score (nSPS) is 32.1.